The SMILES string of the molecule is CN1C=CN(c2ccc3c(c2)C(C)(c2cc(N4CN(C)c5ccccc54)cc(C(C)(C)C)c2)c2cccc4c5ccccc5n-3c24)C1. The molecule has 1 atom stereocenters. The molecule has 234 valence electrons. The Morgan fingerprint density at radius 2 is 1.40 bits per heavy atom. The third-order valence-corrected chi connectivity index (χ3v) is 10.8. The van der Waals surface area contributed by atoms with E-state index in [0.717, 1.165) is 13.3 Å². The van der Waals surface area contributed by atoms with Crippen molar-refractivity contribution in [2.24, 2.45) is 0 Å². The van der Waals surface area contributed by atoms with Gasteiger partial charge in [0.15, 0.2) is 0 Å². The van der Waals surface area contributed by atoms with Crippen molar-refractivity contribution < 1.29 is 0 Å². The number of aromatic nitrogens is 1. The Morgan fingerprint density at radius 3 is 2.19 bits per heavy atom. The lowest BCUT2D eigenvalue weighted by Gasteiger charge is -2.40. The van der Waals surface area contributed by atoms with E-state index in [2.05, 4.69) is 181 Å². The van der Waals surface area contributed by atoms with Gasteiger partial charge in [-0.15, -0.1) is 0 Å². The summed E-state index contributed by atoms with van der Waals surface area (Å²) in [6, 6.07) is 39.1. The number of fused-ring (bicyclic) bond motifs is 6. The highest BCUT2D eigenvalue weighted by molar-refractivity contribution is 6.12. The molecule has 5 aromatic carbocycles. The standard InChI is InChI=1S/C42H41N5/c1-41(2,3)28-22-29(24-31(23-28)46-27-44(6)38-16-9-10-17-39(38)46)42(4)34-14-11-13-33-32-12-7-8-15-36(32)47(40(33)34)37-19-18-30(25-35(37)42)45-21-20-43(5)26-45/h7-25H,26-27H2,1-6H3. The van der Waals surface area contributed by atoms with Crippen molar-refractivity contribution in [2.75, 3.05) is 42.1 Å². The molecule has 47 heavy (non-hydrogen) atoms. The van der Waals surface area contributed by atoms with Crippen molar-refractivity contribution in [3.05, 3.63) is 138 Å². The molecular weight excluding hydrogens is 574 g/mol. The summed E-state index contributed by atoms with van der Waals surface area (Å²) in [5.74, 6) is 0. The summed E-state index contributed by atoms with van der Waals surface area (Å²) < 4.78 is 2.52. The molecule has 0 spiro atoms. The van der Waals surface area contributed by atoms with E-state index < -0.39 is 5.41 Å². The molecule has 0 amide bonds. The van der Waals surface area contributed by atoms with Crippen LogP contribution >= 0.6 is 0 Å². The highest BCUT2D eigenvalue weighted by Crippen LogP contribution is 2.53. The highest BCUT2D eigenvalue weighted by Gasteiger charge is 2.42. The number of benzene rings is 5. The van der Waals surface area contributed by atoms with Crippen molar-refractivity contribution in [2.45, 2.75) is 38.5 Å². The lowest BCUT2D eigenvalue weighted by molar-refractivity contribution is 0.495. The molecule has 0 saturated carbocycles. The van der Waals surface area contributed by atoms with Gasteiger partial charge in [-0.25, -0.2) is 0 Å². The van der Waals surface area contributed by atoms with E-state index in [1.807, 2.05) is 0 Å². The van der Waals surface area contributed by atoms with Crippen LogP contribution in [0.2, 0.25) is 0 Å². The molecule has 0 N–H and O–H groups in total. The minimum Gasteiger partial charge on any atom is -0.361 e. The minimum absolute atomic E-state index is 0.0303. The maximum absolute atomic E-state index is 2.52. The normalized spacial score (nSPS) is 18.5. The molecule has 0 radical (unpaired) electrons. The third-order valence-electron chi connectivity index (χ3n) is 10.8. The van der Waals surface area contributed by atoms with Crippen LogP contribution in [0.1, 0.15) is 49.9 Å². The van der Waals surface area contributed by atoms with E-state index in [9.17, 15) is 0 Å². The summed E-state index contributed by atoms with van der Waals surface area (Å²) in [6.45, 7) is 11.1. The van der Waals surface area contributed by atoms with Crippen LogP contribution in [0.5, 0.6) is 0 Å². The third kappa shape index (κ3) is 3.95. The average Bonchev–Trinajstić information content (AvgIpc) is 3.77. The first-order valence-corrected chi connectivity index (χ1v) is 16.7. The first-order chi connectivity index (χ1) is 22.6. The molecule has 5 heteroatoms. The quantitative estimate of drug-likeness (QED) is 0.197. The Kier molecular flexibility index (Phi) is 5.78. The van der Waals surface area contributed by atoms with Gasteiger partial charge in [0, 0.05) is 54.1 Å². The maximum Gasteiger partial charge on any atom is 0.0950 e. The molecule has 6 aromatic rings. The van der Waals surface area contributed by atoms with E-state index in [0.29, 0.717) is 0 Å². The maximum atomic E-state index is 2.52. The van der Waals surface area contributed by atoms with Gasteiger partial charge in [0.05, 0.1) is 41.4 Å². The molecule has 9 rings (SSSR count). The zero-order chi connectivity index (χ0) is 32.2. The monoisotopic (exact) mass is 615 g/mol. The summed E-state index contributed by atoms with van der Waals surface area (Å²) in [5, 5.41) is 2.61. The van der Waals surface area contributed by atoms with Crippen LogP contribution in [0.25, 0.3) is 27.5 Å². The number of para-hydroxylation sites is 4. The molecule has 0 bridgehead atoms. The lowest BCUT2D eigenvalue weighted by Crippen LogP contribution is -2.33. The van der Waals surface area contributed by atoms with Crippen molar-refractivity contribution in [1.29, 1.82) is 0 Å². The predicted molar refractivity (Wildman–Crippen MR) is 198 cm³/mol. The molecule has 0 saturated heterocycles. The second-order valence-corrected chi connectivity index (χ2v) is 14.8. The molecule has 1 unspecified atom stereocenters. The molecule has 3 aliphatic heterocycles. The van der Waals surface area contributed by atoms with Gasteiger partial charge in [0.1, 0.15) is 0 Å². The Balaban J connectivity index is 1.36. The van der Waals surface area contributed by atoms with Gasteiger partial charge < -0.3 is 24.2 Å². The van der Waals surface area contributed by atoms with E-state index in [4.69, 9.17) is 0 Å². The van der Waals surface area contributed by atoms with Crippen LogP contribution in [-0.2, 0) is 10.8 Å². The van der Waals surface area contributed by atoms with Crippen molar-refractivity contribution in [3.63, 3.8) is 0 Å². The van der Waals surface area contributed by atoms with Gasteiger partial charge in [-0.1, -0.05) is 75.4 Å². The molecule has 4 heterocycles. The average molecular weight is 616 g/mol. The summed E-state index contributed by atoms with van der Waals surface area (Å²) in [7, 11) is 4.32. The summed E-state index contributed by atoms with van der Waals surface area (Å²) in [5.41, 5.74) is 13.7. The number of anilines is 4. The Labute approximate surface area is 277 Å². The molecule has 1 aromatic heterocycles. The fourth-order valence-corrected chi connectivity index (χ4v) is 8.21. The van der Waals surface area contributed by atoms with Crippen LogP contribution in [0, 0.1) is 0 Å². The topological polar surface area (TPSA) is 17.9 Å². The zero-order valence-corrected chi connectivity index (χ0v) is 28.1. The molecule has 0 fully saturated rings. The Hall–Kier alpha value is -5.16. The fraction of sp³-hybridized carbons (Fsp3) is 0.238. The van der Waals surface area contributed by atoms with Crippen molar-refractivity contribution in [3.8, 4) is 5.69 Å². The minimum atomic E-state index is -0.411. The van der Waals surface area contributed by atoms with E-state index in [1.165, 1.54) is 72.5 Å². The molecular formula is C42H41N5. The van der Waals surface area contributed by atoms with Gasteiger partial charge in [0.25, 0.3) is 0 Å². The summed E-state index contributed by atoms with van der Waals surface area (Å²) in [4.78, 5) is 9.40. The molecule has 3 aliphatic rings. The zero-order valence-electron chi connectivity index (χ0n) is 28.1. The van der Waals surface area contributed by atoms with Gasteiger partial charge in [-0.05, 0) is 83.1 Å². The number of hydrogen-bond donors (Lipinski definition) is 0. The Morgan fingerprint density at radius 1 is 0.638 bits per heavy atom. The first-order valence-electron chi connectivity index (χ1n) is 16.7. The largest absolute Gasteiger partial charge is 0.361 e. The molecule has 5 nitrogen and oxygen atoms in total. The summed E-state index contributed by atoms with van der Waals surface area (Å²) >= 11 is 0. The first kappa shape index (κ1) is 28.1. The van der Waals surface area contributed by atoms with Crippen LogP contribution in [0.15, 0.2) is 116 Å². The van der Waals surface area contributed by atoms with Crippen LogP contribution in [-0.4, -0.2) is 36.9 Å². The number of rotatable bonds is 3. The smallest absolute Gasteiger partial charge is 0.0950 e. The fourth-order valence-electron chi connectivity index (χ4n) is 8.21. The van der Waals surface area contributed by atoms with Gasteiger partial charge in [-0.3, -0.25) is 0 Å². The van der Waals surface area contributed by atoms with Gasteiger partial charge in [0.2, 0.25) is 0 Å². The van der Waals surface area contributed by atoms with Crippen molar-refractivity contribution in [1.82, 2.24) is 9.47 Å². The Bertz CT molecular complexity index is 2270. The lowest BCUT2D eigenvalue weighted by atomic mass is 9.67. The second-order valence-electron chi connectivity index (χ2n) is 14.8. The summed E-state index contributed by atoms with van der Waals surface area (Å²) in [6.07, 6.45) is 4.35. The predicted octanol–water partition coefficient (Wildman–Crippen LogP) is 9.47. The number of nitrogens with zero attached hydrogens (tertiary/aromatic N) is 5. The van der Waals surface area contributed by atoms with E-state index >= 15 is 0 Å². The van der Waals surface area contributed by atoms with Crippen LogP contribution in [0.4, 0.5) is 22.7 Å². The highest BCUT2D eigenvalue weighted by atomic mass is 15.4. The van der Waals surface area contributed by atoms with Crippen molar-refractivity contribution >= 4 is 44.6 Å². The van der Waals surface area contributed by atoms with Crippen LogP contribution in [0.3, 0.4) is 0 Å². The van der Waals surface area contributed by atoms with Gasteiger partial charge >= 0.3 is 0 Å². The van der Waals surface area contributed by atoms with E-state index in [-0.39, 0.29) is 5.41 Å². The van der Waals surface area contributed by atoms with Gasteiger partial charge in [-0.2, -0.15) is 0 Å². The number of hydrogen-bond acceptors (Lipinski definition) is 4. The molecule has 0 aliphatic carbocycles. The second kappa shape index (κ2) is 9.68. The van der Waals surface area contributed by atoms with Crippen LogP contribution < -0.4 is 14.7 Å². The van der Waals surface area contributed by atoms with E-state index in [1.54, 1.807) is 0 Å².